The van der Waals surface area contributed by atoms with E-state index in [9.17, 15) is 8.42 Å². The fourth-order valence-electron chi connectivity index (χ4n) is 1.40. The van der Waals surface area contributed by atoms with Gasteiger partial charge in [0, 0.05) is 17.8 Å². The summed E-state index contributed by atoms with van der Waals surface area (Å²) >= 11 is 0. The SMILES string of the molecule is CCS(=O)(=O)c1ccnc2cnccc12. The van der Waals surface area contributed by atoms with Gasteiger partial charge in [0.2, 0.25) is 0 Å². The van der Waals surface area contributed by atoms with Crippen molar-refractivity contribution in [1.29, 1.82) is 0 Å². The molecule has 15 heavy (non-hydrogen) atoms. The number of aromatic nitrogens is 2. The molecule has 0 amide bonds. The zero-order chi connectivity index (χ0) is 10.9. The Labute approximate surface area is 87.9 Å². The fraction of sp³-hybridized carbons (Fsp3) is 0.200. The van der Waals surface area contributed by atoms with Gasteiger partial charge >= 0.3 is 0 Å². The van der Waals surface area contributed by atoms with Crippen LogP contribution in [0, 0.1) is 0 Å². The van der Waals surface area contributed by atoms with Crippen molar-refractivity contribution in [2.75, 3.05) is 5.75 Å². The van der Waals surface area contributed by atoms with E-state index in [1.807, 2.05) is 0 Å². The Morgan fingerprint density at radius 3 is 2.80 bits per heavy atom. The molecule has 0 bridgehead atoms. The van der Waals surface area contributed by atoms with Gasteiger partial charge in [-0.3, -0.25) is 9.97 Å². The van der Waals surface area contributed by atoms with Crippen LogP contribution in [0.3, 0.4) is 0 Å². The molecule has 0 fully saturated rings. The summed E-state index contributed by atoms with van der Waals surface area (Å²) in [6.07, 6.45) is 4.62. The average molecular weight is 222 g/mol. The van der Waals surface area contributed by atoms with Crippen molar-refractivity contribution in [3.8, 4) is 0 Å². The van der Waals surface area contributed by atoms with Gasteiger partial charge in [-0.2, -0.15) is 0 Å². The Bertz CT molecular complexity index is 588. The predicted molar refractivity (Wildman–Crippen MR) is 57.3 cm³/mol. The van der Waals surface area contributed by atoms with E-state index in [4.69, 9.17) is 0 Å². The number of hydrogen-bond donors (Lipinski definition) is 0. The molecule has 5 heteroatoms. The van der Waals surface area contributed by atoms with Gasteiger partial charge in [0.25, 0.3) is 0 Å². The Hall–Kier alpha value is -1.49. The van der Waals surface area contributed by atoms with E-state index in [1.165, 1.54) is 12.3 Å². The minimum absolute atomic E-state index is 0.0917. The Morgan fingerprint density at radius 2 is 2.07 bits per heavy atom. The van der Waals surface area contributed by atoms with E-state index >= 15 is 0 Å². The Balaban J connectivity index is 2.83. The van der Waals surface area contributed by atoms with Crippen LogP contribution in [0.4, 0.5) is 0 Å². The van der Waals surface area contributed by atoms with Gasteiger partial charge < -0.3 is 0 Å². The van der Waals surface area contributed by atoms with Crippen molar-refractivity contribution in [3.05, 3.63) is 30.7 Å². The van der Waals surface area contributed by atoms with Gasteiger partial charge in [-0.1, -0.05) is 6.92 Å². The van der Waals surface area contributed by atoms with Crippen LogP contribution in [0.15, 0.2) is 35.6 Å². The molecule has 0 saturated carbocycles. The lowest BCUT2D eigenvalue weighted by atomic mass is 10.3. The number of pyridine rings is 2. The minimum atomic E-state index is -3.19. The molecule has 0 aliphatic carbocycles. The highest BCUT2D eigenvalue weighted by molar-refractivity contribution is 7.91. The van der Waals surface area contributed by atoms with Crippen LogP contribution in [-0.4, -0.2) is 24.1 Å². The third kappa shape index (κ3) is 1.70. The minimum Gasteiger partial charge on any atom is -0.262 e. The van der Waals surface area contributed by atoms with Crippen molar-refractivity contribution in [2.45, 2.75) is 11.8 Å². The van der Waals surface area contributed by atoms with Gasteiger partial charge in [0.05, 0.1) is 22.4 Å². The van der Waals surface area contributed by atoms with Crippen molar-refractivity contribution in [3.63, 3.8) is 0 Å². The van der Waals surface area contributed by atoms with E-state index in [1.54, 1.807) is 25.4 Å². The predicted octanol–water partition coefficient (Wildman–Crippen LogP) is 1.42. The number of nitrogens with zero attached hydrogens (tertiary/aromatic N) is 2. The zero-order valence-electron chi connectivity index (χ0n) is 8.21. The fourth-order valence-corrected chi connectivity index (χ4v) is 2.49. The average Bonchev–Trinajstić information content (AvgIpc) is 2.28. The van der Waals surface area contributed by atoms with E-state index < -0.39 is 9.84 Å². The van der Waals surface area contributed by atoms with Crippen molar-refractivity contribution < 1.29 is 8.42 Å². The number of rotatable bonds is 2. The monoisotopic (exact) mass is 222 g/mol. The Morgan fingerprint density at radius 1 is 1.27 bits per heavy atom. The second-order valence-electron chi connectivity index (χ2n) is 3.11. The van der Waals surface area contributed by atoms with Crippen LogP contribution < -0.4 is 0 Å². The summed E-state index contributed by atoms with van der Waals surface area (Å²) in [5.74, 6) is 0.0917. The molecule has 0 saturated heterocycles. The van der Waals surface area contributed by atoms with Crippen LogP contribution in [0.25, 0.3) is 10.9 Å². The highest BCUT2D eigenvalue weighted by Crippen LogP contribution is 2.20. The topological polar surface area (TPSA) is 59.9 Å². The first-order chi connectivity index (χ1) is 7.15. The van der Waals surface area contributed by atoms with Crippen LogP contribution in [0.2, 0.25) is 0 Å². The molecule has 0 aliphatic heterocycles. The lowest BCUT2D eigenvalue weighted by Gasteiger charge is -2.04. The molecule has 0 aliphatic rings. The summed E-state index contributed by atoms with van der Waals surface area (Å²) < 4.78 is 23.5. The van der Waals surface area contributed by atoms with Gasteiger partial charge in [-0.25, -0.2) is 8.42 Å². The molecule has 78 valence electrons. The van der Waals surface area contributed by atoms with Gasteiger partial charge in [-0.05, 0) is 12.1 Å². The summed E-state index contributed by atoms with van der Waals surface area (Å²) in [6.45, 7) is 1.63. The maximum atomic E-state index is 11.8. The lowest BCUT2D eigenvalue weighted by molar-refractivity contribution is 0.598. The maximum Gasteiger partial charge on any atom is 0.178 e. The highest BCUT2D eigenvalue weighted by Gasteiger charge is 2.14. The number of hydrogen-bond acceptors (Lipinski definition) is 4. The summed E-state index contributed by atoms with van der Waals surface area (Å²) in [5.41, 5.74) is 0.604. The van der Waals surface area contributed by atoms with E-state index in [0.717, 1.165) is 0 Å². The molecule has 0 atom stereocenters. The first-order valence-electron chi connectivity index (χ1n) is 4.56. The van der Waals surface area contributed by atoms with E-state index in [-0.39, 0.29) is 5.75 Å². The summed E-state index contributed by atoms with van der Waals surface area (Å²) in [7, 11) is -3.19. The molecule has 2 rings (SSSR count). The van der Waals surface area contributed by atoms with Gasteiger partial charge in [0.1, 0.15) is 0 Å². The smallest absolute Gasteiger partial charge is 0.178 e. The molecule has 2 aromatic heterocycles. The number of sulfone groups is 1. The van der Waals surface area contributed by atoms with Crippen LogP contribution in [0.5, 0.6) is 0 Å². The van der Waals surface area contributed by atoms with Crippen molar-refractivity contribution in [1.82, 2.24) is 9.97 Å². The third-order valence-electron chi connectivity index (χ3n) is 2.22. The molecular weight excluding hydrogens is 212 g/mol. The van der Waals surface area contributed by atoms with E-state index in [0.29, 0.717) is 15.8 Å². The second kappa shape index (κ2) is 3.58. The van der Waals surface area contributed by atoms with Crippen molar-refractivity contribution in [2.24, 2.45) is 0 Å². The summed E-state index contributed by atoms with van der Waals surface area (Å²) in [6, 6.07) is 3.20. The highest BCUT2D eigenvalue weighted by atomic mass is 32.2. The summed E-state index contributed by atoms with van der Waals surface area (Å²) in [4.78, 5) is 8.30. The number of fused-ring (bicyclic) bond motifs is 1. The molecule has 0 radical (unpaired) electrons. The first-order valence-corrected chi connectivity index (χ1v) is 6.22. The molecule has 4 nitrogen and oxygen atoms in total. The third-order valence-corrected chi connectivity index (χ3v) is 4.01. The van der Waals surface area contributed by atoms with Gasteiger partial charge in [-0.15, -0.1) is 0 Å². The molecule has 0 spiro atoms. The molecule has 0 N–H and O–H groups in total. The Kier molecular flexibility index (Phi) is 2.40. The van der Waals surface area contributed by atoms with Crippen LogP contribution in [0.1, 0.15) is 6.92 Å². The molecule has 2 aromatic rings. The normalized spacial score (nSPS) is 11.8. The summed E-state index contributed by atoms with van der Waals surface area (Å²) in [5, 5.41) is 0.634. The zero-order valence-corrected chi connectivity index (χ0v) is 9.03. The largest absolute Gasteiger partial charge is 0.262 e. The van der Waals surface area contributed by atoms with E-state index in [2.05, 4.69) is 9.97 Å². The second-order valence-corrected chi connectivity index (χ2v) is 5.35. The standard InChI is InChI=1S/C10H10N2O2S/c1-2-15(13,14)10-4-6-12-9-7-11-5-3-8(9)10/h3-7H,2H2,1H3. The van der Waals surface area contributed by atoms with Crippen molar-refractivity contribution >= 4 is 20.7 Å². The molecular formula is C10H10N2O2S. The quantitative estimate of drug-likeness (QED) is 0.771. The molecule has 2 heterocycles. The van der Waals surface area contributed by atoms with Gasteiger partial charge in [0.15, 0.2) is 9.84 Å². The van der Waals surface area contributed by atoms with Crippen LogP contribution >= 0.6 is 0 Å². The maximum absolute atomic E-state index is 11.8. The van der Waals surface area contributed by atoms with Crippen LogP contribution in [-0.2, 0) is 9.84 Å². The molecule has 0 aromatic carbocycles. The lowest BCUT2D eigenvalue weighted by Crippen LogP contribution is -2.04. The molecule has 0 unspecified atom stereocenters. The first kappa shape index (κ1) is 10.0.